The summed E-state index contributed by atoms with van der Waals surface area (Å²) in [6, 6.07) is 0. The molecule has 1 N–H and O–H groups in total. The standard InChI is InChI=1S/C20H36O/c1-7-19(5,21)14-11-16-15(2)9-10-17-18(3,4)12-8-13-20(16,17)6/h7,15-17,21H,1,8-14H2,2-6H3/t15-,16+,17+,19+,20-/m1/s1. The topological polar surface area (TPSA) is 20.2 Å². The van der Waals surface area contributed by atoms with Gasteiger partial charge in [0.05, 0.1) is 5.60 Å². The first-order valence-corrected chi connectivity index (χ1v) is 8.98. The molecular formula is C20H36O. The van der Waals surface area contributed by atoms with Crippen molar-refractivity contribution in [1.29, 1.82) is 0 Å². The molecule has 0 aromatic carbocycles. The largest absolute Gasteiger partial charge is 0.386 e. The van der Waals surface area contributed by atoms with E-state index in [0.29, 0.717) is 10.8 Å². The van der Waals surface area contributed by atoms with E-state index in [9.17, 15) is 5.11 Å². The van der Waals surface area contributed by atoms with E-state index in [1.165, 1.54) is 32.1 Å². The SMILES string of the molecule is C=C[C@](C)(O)CC[C@H]1[C@H](C)CC[C@H]2C(C)(C)CCC[C@]12C. The van der Waals surface area contributed by atoms with Crippen LogP contribution in [0.5, 0.6) is 0 Å². The molecule has 0 unspecified atom stereocenters. The molecule has 2 fully saturated rings. The number of hydrogen-bond acceptors (Lipinski definition) is 1. The molecule has 0 bridgehead atoms. The summed E-state index contributed by atoms with van der Waals surface area (Å²) >= 11 is 0. The lowest BCUT2D eigenvalue weighted by Crippen LogP contribution is -2.51. The van der Waals surface area contributed by atoms with Crippen LogP contribution in [0.3, 0.4) is 0 Å². The van der Waals surface area contributed by atoms with Gasteiger partial charge in [-0.25, -0.2) is 0 Å². The third-order valence-electron chi connectivity index (χ3n) is 7.12. The maximum Gasteiger partial charge on any atom is 0.0797 e. The number of aliphatic hydroxyl groups is 1. The molecule has 122 valence electrons. The Morgan fingerprint density at radius 2 is 1.90 bits per heavy atom. The summed E-state index contributed by atoms with van der Waals surface area (Å²) in [4.78, 5) is 0. The van der Waals surface area contributed by atoms with Crippen molar-refractivity contribution in [2.45, 2.75) is 85.2 Å². The molecule has 0 heterocycles. The Hall–Kier alpha value is -0.300. The minimum absolute atomic E-state index is 0.469. The maximum absolute atomic E-state index is 10.3. The monoisotopic (exact) mass is 292 g/mol. The Kier molecular flexibility index (Phi) is 4.65. The summed E-state index contributed by atoms with van der Waals surface area (Å²) in [6.45, 7) is 15.7. The average Bonchev–Trinajstić information content (AvgIpc) is 2.36. The molecule has 2 aliphatic rings. The lowest BCUT2D eigenvalue weighted by Gasteiger charge is -2.59. The van der Waals surface area contributed by atoms with Gasteiger partial charge in [-0.1, -0.05) is 46.6 Å². The van der Waals surface area contributed by atoms with Crippen LogP contribution in [0.4, 0.5) is 0 Å². The van der Waals surface area contributed by atoms with Gasteiger partial charge in [-0.2, -0.15) is 0 Å². The van der Waals surface area contributed by atoms with Crippen molar-refractivity contribution in [2.75, 3.05) is 0 Å². The predicted molar refractivity (Wildman–Crippen MR) is 91.2 cm³/mol. The molecule has 2 rings (SSSR count). The molecule has 2 aliphatic carbocycles. The summed E-state index contributed by atoms with van der Waals surface area (Å²) in [6.07, 6.45) is 10.6. The smallest absolute Gasteiger partial charge is 0.0797 e. The van der Waals surface area contributed by atoms with Crippen LogP contribution in [0.1, 0.15) is 79.6 Å². The summed E-state index contributed by atoms with van der Waals surface area (Å²) in [5, 5.41) is 10.3. The zero-order valence-corrected chi connectivity index (χ0v) is 14.9. The van der Waals surface area contributed by atoms with Crippen LogP contribution in [-0.4, -0.2) is 10.7 Å². The highest BCUT2D eigenvalue weighted by Crippen LogP contribution is 2.62. The highest BCUT2D eigenvalue weighted by atomic mass is 16.3. The first-order valence-electron chi connectivity index (χ1n) is 8.98. The van der Waals surface area contributed by atoms with Gasteiger partial charge in [0.1, 0.15) is 0 Å². The molecule has 2 saturated carbocycles. The van der Waals surface area contributed by atoms with Crippen LogP contribution >= 0.6 is 0 Å². The Labute approximate surface area is 132 Å². The highest BCUT2D eigenvalue weighted by Gasteiger charge is 2.53. The van der Waals surface area contributed by atoms with Crippen LogP contribution in [0, 0.1) is 28.6 Å². The van der Waals surface area contributed by atoms with Gasteiger partial charge in [0, 0.05) is 0 Å². The molecule has 0 aromatic rings. The fourth-order valence-corrected chi connectivity index (χ4v) is 5.78. The van der Waals surface area contributed by atoms with E-state index in [0.717, 1.165) is 30.6 Å². The first-order chi connectivity index (χ1) is 9.62. The molecular weight excluding hydrogens is 256 g/mol. The number of fused-ring (bicyclic) bond motifs is 1. The Morgan fingerprint density at radius 3 is 2.52 bits per heavy atom. The normalized spacial score (nSPS) is 41.9. The molecule has 1 nitrogen and oxygen atoms in total. The first kappa shape index (κ1) is 17.1. The second-order valence-corrected chi connectivity index (χ2v) is 9.16. The van der Waals surface area contributed by atoms with E-state index in [-0.39, 0.29) is 0 Å². The lowest BCUT2D eigenvalue weighted by molar-refractivity contribution is -0.0999. The van der Waals surface area contributed by atoms with Gasteiger partial charge in [-0.15, -0.1) is 6.58 Å². The van der Waals surface area contributed by atoms with Crippen molar-refractivity contribution >= 4 is 0 Å². The van der Waals surface area contributed by atoms with E-state index < -0.39 is 5.60 Å². The molecule has 0 aromatic heterocycles. The zero-order chi connectivity index (χ0) is 15.9. The van der Waals surface area contributed by atoms with Crippen molar-refractivity contribution < 1.29 is 5.11 Å². The van der Waals surface area contributed by atoms with E-state index >= 15 is 0 Å². The second kappa shape index (κ2) is 5.72. The highest BCUT2D eigenvalue weighted by molar-refractivity contribution is 5.03. The molecule has 1 heteroatoms. The van der Waals surface area contributed by atoms with Crippen LogP contribution < -0.4 is 0 Å². The van der Waals surface area contributed by atoms with Gasteiger partial charge in [-0.05, 0) is 67.6 Å². The van der Waals surface area contributed by atoms with Crippen molar-refractivity contribution in [3.63, 3.8) is 0 Å². The third kappa shape index (κ3) is 3.23. The third-order valence-corrected chi connectivity index (χ3v) is 7.12. The van der Waals surface area contributed by atoms with Crippen molar-refractivity contribution in [1.82, 2.24) is 0 Å². The lowest BCUT2D eigenvalue weighted by atomic mass is 9.46. The molecule has 0 amide bonds. The van der Waals surface area contributed by atoms with Gasteiger partial charge in [0.15, 0.2) is 0 Å². The molecule has 0 radical (unpaired) electrons. The Balaban J connectivity index is 2.19. The number of rotatable bonds is 4. The second-order valence-electron chi connectivity index (χ2n) is 9.16. The van der Waals surface area contributed by atoms with Crippen LogP contribution in [0.15, 0.2) is 12.7 Å². The fourth-order valence-electron chi connectivity index (χ4n) is 5.78. The molecule has 21 heavy (non-hydrogen) atoms. The van der Waals surface area contributed by atoms with Crippen molar-refractivity contribution in [2.24, 2.45) is 28.6 Å². The van der Waals surface area contributed by atoms with Crippen molar-refractivity contribution in [3.8, 4) is 0 Å². The Bertz CT molecular complexity index is 381. The molecule has 0 aliphatic heterocycles. The Morgan fingerprint density at radius 1 is 1.24 bits per heavy atom. The van der Waals surface area contributed by atoms with Crippen LogP contribution in [-0.2, 0) is 0 Å². The van der Waals surface area contributed by atoms with Crippen LogP contribution in [0.25, 0.3) is 0 Å². The van der Waals surface area contributed by atoms with Gasteiger partial charge in [0.25, 0.3) is 0 Å². The van der Waals surface area contributed by atoms with E-state index in [1.54, 1.807) is 6.08 Å². The van der Waals surface area contributed by atoms with Gasteiger partial charge < -0.3 is 5.11 Å². The molecule has 0 saturated heterocycles. The minimum Gasteiger partial charge on any atom is -0.386 e. The molecule has 5 atom stereocenters. The summed E-state index contributed by atoms with van der Waals surface area (Å²) in [7, 11) is 0. The van der Waals surface area contributed by atoms with E-state index in [4.69, 9.17) is 0 Å². The maximum atomic E-state index is 10.3. The quantitative estimate of drug-likeness (QED) is 0.670. The van der Waals surface area contributed by atoms with Crippen LogP contribution in [0.2, 0.25) is 0 Å². The van der Waals surface area contributed by atoms with E-state index in [1.807, 2.05) is 6.92 Å². The van der Waals surface area contributed by atoms with Crippen molar-refractivity contribution in [3.05, 3.63) is 12.7 Å². The average molecular weight is 293 g/mol. The zero-order valence-electron chi connectivity index (χ0n) is 14.9. The summed E-state index contributed by atoms with van der Waals surface area (Å²) in [5.41, 5.74) is 0.260. The summed E-state index contributed by atoms with van der Waals surface area (Å²) < 4.78 is 0. The van der Waals surface area contributed by atoms with Gasteiger partial charge in [0.2, 0.25) is 0 Å². The number of hydrogen-bond donors (Lipinski definition) is 1. The van der Waals surface area contributed by atoms with Gasteiger partial charge in [-0.3, -0.25) is 0 Å². The van der Waals surface area contributed by atoms with Gasteiger partial charge >= 0.3 is 0 Å². The molecule has 0 spiro atoms. The minimum atomic E-state index is -0.701. The fraction of sp³-hybridized carbons (Fsp3) is 0.900. The summed E-state index contributed by atoms with van der Waals surface area (Å²) in [5.74, 6) is 2.40. The van der Waals surface area contributed by atoms with E-state index in [2.05, 4.69) is 34.3 Å². The predicted octanol–water partition coefficient (Wildman–Crippen LogP) is 5.58.